The first-order valence-electron chi connectivity index (χ1n) is 4.59. The quantitative estimate of drug-likeness (QED) is 0.693. The molecule has 1 unspecified atom stereocenters. The van der Waals surface area contributed by atoms with Crippen LogP contribution >= 0.6 is 11.8 Å². The molecule has 0 aromatic rings. The van der Waals surface area contributed by atoms with Crippen LogP contribution in [0.2, 0.25) is 0 Å². The molecule has 90 valence electrons. The van der Waals surface area contributed by atoms with Crippen molar-refractivity contribution < 1.29 is 18.0 Å². The average Bonchev–Trinajstić information content (AvgIpc) is 2.13. The SMILES string of the molecule is CCC(CN)C(=O)NCCSC(F)(F)F. The number of rotatable bonds is 6. The third-order valence-corrected chi connectivity index (χ3v) is 2.55. The Morgan fingerprint density at radius 1 is 1.53 bits per heavy atom. The number of nitrogens with one attached hydrogen (secondary N) is 1. The minimum Gasteiger partial charge on any atom is -0.355 e. The topological polar surface area (TPSA) is 55.1 Å². The molecule has 0 bridgehead atoms. The Labute approximate surface area is 91.0 Å². The monoisotopic (exact) mass is 244 g/mol. The Hall–Kier alpha value is -0.430. The summed E-state index contributed by atoms with van der Waals surface area (Å²) in [5, 5.41) is 2.42. The lowest BCUT2D eigenvalue weighted by molar-refractivity contribution is -0.124. The van der Waals surface area contributed by atoms with E-state index in [1.54, 1.807) is 0 Å². The van der Waals surface area contributed by atoms with Crippen molar-refractivity contribution in [3.05, 3.63) is 0 Å². The van der Waals surface area contributed by atoms with E-state index >= 15 is 0 Å². The van der Waals surface area contributed by atoms with Crippen molar-refractivity contribution in [2.45, 2.75) is 18.9 Å². The fraction of sp³-hybridized carbons (Fsp3) is 0.875. The summed E-state index contributed by atoms with van der Waals surface area (Å²) >= 11 is -0.144. The van der Waals surface area contributed by atoms with Gasteiger partial charge < -0.3 is 11.1 Å². The summed E-state index contributed by atoms with van der Waals surface area (Å²) in [6, 6.07) is 0. The van der Waals surface area contributed by atoms with Gasteiger partial charge in [0, 0.05) is 24.8 Å². The van der Waals surface area contributed by atoms with Crippen LogP contribution in [0.1, 0.15) is 13.3 Å². The minimum atomic E-state index is -4.23. The maximum Gasteiger partial charge on any atom is 0.441 e. The van der Waals surface area contributed by atoms with Gasteiger partial charge in [0.15, 0.2) is 0 Å². The number of amides is 1. The van der Waals surface area contributed by atoms with Gasteiger partial charge in [0.05, 0.1) is 0 Å². The molecule has 3 nitrogen and oxygen atoms in total. The first kappa shape index (κ1) is 14.6. The van der Waals surface area contributed by atoms with E-state index in [-0.39, 0.29) is 42.4 Å². The largest absolute Gasteiger partial charge is 0.441 e. The molecule has 15 heavy (non-hydrogen) atoms. The number of hydrogen-bond donors (Lipinski definition) is 2. The Morgan fingerprint density at radius 2 is 2.13 bits per heavy atom. The molecule has 0 saturated carbocycles. The number of nitrogens with two attached hydrogens (primary N) is 1. The van der Waals surface area contributed by atoms with Gasteiger partial charge in [0.25, 0.3) is 0 Å². The molecule has 0 aromatic carbocycles. The summed E-state index contributed by atoms with van der Waals surface area (Å²) < 4.78 is 35.1. The van der Waals surface area contributed by atoms with Gasteiger partial charge in [-0.1, -0.05) is 6.92 Å². The molecule has 0 rings (SSSR count). The zero-order valence-corrected chi connectivity index (χ0v) is 9.25. The van der Waals surface area contributed by atoms with Crippen LogP contribution in [0, 0.1) is 5.92 Å². The second-order valence-corrected chi connectivity index (χ2v) is 4.09. The van der Waals surface area contributed by atoms with Crippen LogP contribution in [0.4, 0.5) is 13.2 Å². The van der Waals surface area contributed by atoms with Crippen molar-refractivity contribution >= 4 is 17.7 Å². The van der Waals surface area contributed by atoms with E-state index in [1.165, 1.54) is 0 Å². The van der Waals surface area contributed by atoms with Crippen molar-refractivity contribution in [3.8, 4) is 0 Å². The van der Waals surface area contributed by atoms with E-state index < -0.39 is 5.51 Å². The van der Waals surface area contributed by atoms with Crippen molar-refractivity contribution in [2.75, 3.05) is 18.8 Å². The number of hydrogen-bond acceptors (Lipinski definition) is 3. The van der Waals surface area contributed by atoms with E-state index in [0.717, 1.165) is 0 Å². The fourth-order valence-corrected chi connectivity index (χ4v) is 1.38. The van der Waals surface area contributed by atoms with Crippen molar-refractivity contribution in [2.24, 2.45) is 11.7 Å². The summed E-state index contributed by atoms with van der Waals surface area (Å²) in [6.07, 6.45) is 0.592. The molecular formula is C8H15F3N2OS. The van der Waals surface area contributed by atoms with Crippen LogP contribution < -0.4 is 11.1 Å². The third kappa shape index (κ3) is 7.49. The predicted molar refractivity (Wildman–Crippen MR) is 54.4 cm³/mol. The standard InChI is InChI=1S/C8H15F3N2OS/c1-2-6(5-12)7(14)13-3-4-15-8(9,10)11/h6H,2-5,12H2,1H3,(H,13,14). The highest BCUT2D eigenvalue weighted by molar-refractivity contribution is 8.00. The van der Waals surface area contributed by atoms with E-state index in [0.29, 0.717) is 6.42 Å². The first-order chi connectivity index (χ1) is 6.90. The van der Waals surface area contributed by atoms with Gasteiger partial charge in [-0.2, -0.15) is 13.2 Å². The predicted octanol–water partition coefficient (Wildman–Crippen LogP) is 1.34. The van der Waals surface area contributed by atoms with Crippen molar-refractivity contribution in [1.29, 1.82) is 0 Å². The van der Waals surface area contributed by atoms with Gasteiger partial charge in [-0.05, 0) is 18.2 Å². The molecule has 0 fully saturated rings. The second kappa shape index (κ2) is 6.95. The molecule has 3 N–H and O–H groups in total. The maximum atomic E-state index is 11.7. The molecule has 0 spiro atoms. The van der Waals surface area contributed by atoms with Gasteiger partial charge in [-0.25, -0.2) is 0 Å². The van der Waals surface area contributed by atoms with Gasteiger partial charge in [-0.3, -0.25) is 4.79 Å². The maximum absolute atomic E-state index is 11.7. The van der Waals surface area contributed by atoms with Crippen LogP contribution in [0.5, 0.6) is 0 Å². The van der Waals surface area contributed by atoms with Gasteiger partial charge in [0.2, 0.25) is 5.91 Å². The second-order valence-electron chi connectivity index (χ2n) is 2.93. The molecule has 1 atom stereocenters. The van der Waals surface area contributed by atoms with E-state index in [2.05, 4.69) is 5.32 Å². The lowest BCUT2D eigenvalue weighted by atomic mass is 10.1. The normalized spacial score (nSPS) is 13.7. The van der Waals surface area contributed by atoms with Crippen molar-refractivity contribution in [1.82, 2.24) is 5.32 Å². The van der Waals surface area contributed by atoms with Crippen LogP contribution in [-0.2, 0) is 4.79 Å². The molecule has 0 radical (unpaired) electrons. The molecule has 7 heteroatoms. The van der Waals surface area contributed by atoms with E-state index in [4.69, 9.17) is 5.73 Å². The van der Waals surface area contributed by atoms with Crippen LogP contribution in [0.15, 0.2) is 0 Å². The van der Waals surface area contributed by atoms with Crippen LogP contribution in [-0.4, -0.2) is 30.3 Å². The Bertz CT molecular complexity index is 195. The average molecular weight is 244 g/mol. The summed E-state index contributed by atoms with van der Waals surface area (Å²) in [7, 11) is 0. The molecule has 0 saturated heterocycles. The van der Waals surface area contributed by atoms with Crippen LogP contribution in [0.25, 0.3) is 0 Å². The summed E-state index contributed by atoms with van der Waals surface area (Å²) in [5.41, 5.74) is 1.08. The molecule has 1 amide bonds. The van der Waals surface area contributed by atoms with Gasteiger partial charge >= 0.3 is 5.51 Å². The Morgan fingerprint density at radius 3 is 2.53 bits per heavy atom. The molecule has 0 aliphatic heterocycles. The highest BCUT2D eigenvalue weighted by Crippen LogP contribution is 2.29. The highest BCUT2D eigenvalue weighted by Gasteiger charge is 2.27. The molecule has 0 heterocycles. The van der Waals surface area contributed by atoms with Gasteiger partial charge in [-0.15, -0.1) is 0 Å². The fourth-order valence-electron chi connectivity index (χ4n) is 0.944. The number of alkyl halides is 3. The van der Waals surface area contributed by atoms with E-state index in [1.807, 2.05) is 6.92 Å². The van der Waals surface area contributed by atoms with Crippen LogP contribution in [0.3, 0.4) is 0 Å². The van der Waals surface area contributed by atoms with E-state index in [9.17, 15) is 18.0 Å². The molecule has 0 aliphatic carbocycles. The molecule has 0 aliphatic rings. The van der Waals surface area contributed by atoms with Crippen molar-refractivity contribution in [3.63, 3.8) is 0 Å². The lowest BCUT2D eigenvalue weighted by Gasteiger charge is -2.12. The zero-order chi connectivity index (χ0) is 11.9. The zero-order valence-electron chi connectivity index (χ0n) is 8.43. The van der Waals surface area contributed by atoms with Gasteiger partial charge in [0.1, 0.15) is 0 Å². The molecule has 0 aromatic heterocycles. The number of carbonyl (C=O) groups is 1. The summed E-state index contributed by atoms with van der Waals surface area (Å²) in [6.45, 7) is 2.04. The number of halogens is 3. The third-order valence-electron chi connectivity index (χ3n) is 1.82. The number of carbonyl (C=O) groups excluding carboxylic acids is 1. The summed E-state index contributed by atoms with van der Waals surface area (Å²) in [4.78, 5) is 11.2. The summed E-state index contributed by atoms with van der Waals surface area (Å²) in [5.74, 6) is -0.750. The molecular weight excluding hydrogens is 229 g/mol. The lowest BCUT2D eigenvalue weighted by Crippen LogP contribution is -2.36. The number of thioether (sulfide) groups is 1. The highest BCUT2D eigenvalue weighted by atomic mass is 32.2. The Kier molecular flexibility index (Phi) is 6.75. The first-order valence-corrected chi connectivity index (χ1v) is 5.57. The Balaban J connectivity index is 3.63. The smallest absolute Gasteiger partial charge is 0.355 e. The minimum absolute atomic E-state index is 0.0134.